The van der Waals surface area contributed by atoms with Crippen LogP contribution in [0.2, 0.25) is 0 Å². The van der Waals surface area contributed by atoms with Gasteiger partial charge in [0.2, 0.25) is 5.95 Å². The number of amides is 1. The normalized spacial score (nSPS) is 16.7. The largest absolute Gasteiger partial charge is 0.338 e. The van der Waals surface area contributed by atoms with E-state index >= 15 is 0 Å². The number of carbonyl (C=O) groups excluding carboxylic acids is 1. The van der Waals surface area contributed by atoms with E-state index in [1.807, 2.05) is 4.90 Å². The number of hydrogen-bond acceptors (Lipinski definition) is 5. The molecule has 2 heterocycles. The SMILES string of the molecule is O=C(Nc1ccc(F)cc1)[C@@H](Cl)N1CCN(c2ncccn2)CC1. The Kier molecular flexibility index (Phi) is 5.22. The van der Waals surface area contributed by atoms with Crippen LogP contribution in [0.25, 0.3) is 0 Å². The Morgan fingerprint density at radius 1 is 1.12 bits per heavy atom. The second-order valence-corrected chi connectivity index (χ2v) is 5.82. The van der Waals surface area contributed by atoms with Gasteiger partial charge in [0.25, 0.3) is 5.91 Å². The zero-order valence-corrected chi connectivity index (χ0v) is 13.7. The monoisotopic (exact) mass is 349 g/mol. The van der Waals surface area contributed by atoms with Crippen molar-refractivity contribution in [3.63, 3.8) is 0 Å². The molecule has 6 nitrogen and oxygen atoms in total. The van der Waals surface area contributed by atoms with Crippen molar-refractivity contribution in [1.29, 1.82) is 0 Å². The zero-order chi connectivity index (χ0) is 16.9. The topological polar surface area (TPSA) is 61.4 Å². The lowest BCUT2D eigenvalue weighted by atomic mass is 10.3. The van der Waals surface area contributed by atoms with Gasteiger partial charge in [-0.05, 0) is 30.3 Å². The molecule has 1 saturated heterocycles. The standard InChI is InChI=1S/C16H17ClFN5O/c17-14(15(24)21-13-4-2-12(18)3-5-13)22-8-10-23(11-9-22)16-19-6-1-7-20-16/h1-7,14H,8-11H2,(H,21,24)/t14-/m0/s1. The summed E-state index contributed by atoms with van der Waals surface area (Å²) in [5, 5.41) is 2.69. The van der Waals surface area contributed by atoms with E-state index in [9.17, 15) is 9.18 Å². The molecule has 2 aromatic rings. The highest BCUT2D eigenvalue weighted by Crippen LogP contribution is 2.16. The lowest BCUT2D eigenvalue weighted by Gasteiger charge is -2.36. The Morgan fingerprint density at radius 3 is 2.38 bits per heavy atom. The molecule has 1 N–H and O–H groups in total. The van der Waals surface area contributed by atoms with Crippen LogP contribution in [0.4, 0.5) is 16.0 Å². The Morgan fingerprint density at radius 2 is 1.75 bits per heavy atom. The van der Waals surface area contributed by atoms with Gasteiger partial charge in [0, 0.05) is 44.3 Å². The molecular formula is C16H17ClFN5O. The molecule has 0 aliphatic carbocycles. The van der Waals surface area contributed by atoms with Gasteiger partial charge in [0.05, 0.1) is 0 Å². The van der Waals surface area contributed by atoms with E-state index in [0.29, 0.717) is 37.8 Å². The number of rotatable bonds is 4. The second kappa shape index (κ2) is 7.55. The Hall–Kier alpha value is -2.25. The third-order valence-electron chi connectivity index (χ3n) is 3.80. The quantitative estimate of drug-likeness (QED) is 0.675. The smallest absolute Gasteiger partial charge is 0.257 e. The molecule has 24 heavy (non-hydrogen) atoms. The second-order valence-electron chi connectivity index (χ2n) is 5.40. The van der Waals surface area contributed by atoms with Gasteiger partial charge in [-0.1, -0.05) is 11.6 Å². The molecule has 0 spiro atoms. The number of benzene rings is 1. The van der Waals surface area contributed by atoms with E-state index in [1.165, 1.54) is 24.3 Å². The summed E-state index contributed by atoms with van der Waals surface area (Å²) < 4.78 is 12.9. The minimum absolute atomic E-state index is 0.326. The number of halogens is 2. The zero-order valence-electron chi connectivity index (χ0n) is 12.9. The maximum atomic E-state index is 12.9. The van der Waals surface area contributed by atoms with Crippen LogP contribution in [-0.2, 0) is 4.79 Å². The van der Waals surface area contributed by atoms with Crippen LogP contribution in [0.15, 0.2) is 42.7 Å². The fraction of sp³-hybridized carbons (Fsp3) is 0.312. The summed E-state index contributed by atoms with van der Waals surface area (Å²) in [4.78, 5) is 24.6. The molecule has 0 radical (unpaired) electrons. The van der Waals surface area contributed by atoms with Crippen LogP contribution in [0.1, 0.15) is 0 Å². The summed E-state index contributed by atoms with van der Waals surface area (Å²) in [5.41, 5.74) is -0.266. The average molecular weight is 350 g/mol. The van der Waals surface area contributed by atoms with E-state index in [-0.39, 0.29) is 11.7 Å². The van der Waals surface area contributed by atoms with E-state index in [2.05, 4.69) is 20.2 Å². The molecule has 0 bridgehead atoms. The molecule has 1 aromatic heterocycles. The van der Waals surface area contributed by atoms with Gasteiger partial charge in [-0.25, -0.2) is 14.4 Å². The summed E-state index contributed by atoms with van der Waals surface area (Å²) >= 11 is 6.28. The highest BCUT2D eigenvalue weighted by molar-refractivity contribution is 6.32. The lowest BCUT2D eigenvalue weighted by Crippen LogP contribution is -2.52. The van der Waals surface area contributed by atoms with Gasteiger partial charge in [0.15, 0.2) is 5.50 Å². The molecule has 1 amide bonds. The predicted molar refractivity (Wildman–Crippen MR) is 90.5 cm³/mol. The fourth-order valence-corrected chi connectivity index (χ4v) is 2.75. The van der Waals surface area contributed by atoms with Gasteiger partial charge in [-0.2, -0.15) is 0 Å². The van der Waals surface area contributed by atoms with Crippen molar-refractivity contribution in [1.82, 2.24) is 14.9 Å². The summed E-state index contributed by atoms with van der Waals surface area (Å²) in [5.74, 6) is 0.00129. The van der Waals surface area contributed by atoms with Gasteiger partial charge in [-0.15, -0.1) is 0 Å². The minimum Gasteiger partial charge on any atom is -0.338 e. The molecule has 126 valence electrons. The summed E-state index contributed by atoms with van der Waals surface area (Å²) in [6.07, 6.45) is 3.41. The molecule has 1 fully saturated rings. The molecule has 0 unspecified atom stereocenters. The van der Waals surface area contributed by atoms with E-state index < -0.39 is 5.50 Å². The molecule has 1 atom stereocenters. The first-order valence-electron chi connectivity index (χ1n) is 7.60. The lowest BCUT2D eigenvalue weighted by molar-refractivity contribution is -0.118. The number of anilines is 2. The van der Waals surface area contributed by atoms with Crippen molar-refractivity contribution in [3.8, 4) is 0 Å². The van der Waals surface area contributed by atoms with E-state index in [0.717, 1.165) is 0 Å². The first-order chi connectivity index (χ1) is 11.6. The Balaban J connectivity index is 1.53. The van der Waals surface area contributed by atoms with Crippen LogP contribution in [-0.4, -0.2) is 52.5 Å². The molecular weight excluding hydrogens is 333 g/mol. The molecule has 3 rings (SSSR count). The first kappa shape index (κ1) is 16.6. The van der Waals surface area contributed by atoms with Crippen LogP contribution in [0.3, 0.4) is 0 Å². The van der Waals surface area contributed by atoms with Crippen molar-refractivity contribution >= 4 is 29.1 Å². The number of nitrogens with zero attached hydrogens (tertiary/aromatic N) is 4. The average Bonchev–Trinajstić information content (AvgIpc) is 2.64. The fourth-order valence-electron chi connectivity index (χ4n) is 2.50. The Labute approximate surface area is 144 Å². The predicted octanol–water partition coefficient (Wildman–Crippen LogP) is 1.94. The number of alkyl halides is 1. The Bertz CT molecular complexity index is 677. The van der Waals surface area contributed by atoms with E-state index in [4.69, 9.17) is 11.6 Å². The molecule has 1 aliphatic rings. The number of piperazine rings is 1. The van der Waals surface area contributed by atoms with Crippen LogP contribution in [0.5, 0.6) is 0 Å². The highest BCUT2D eigenvalue weighted by atomic mass is 35.5. The molecule has 1 aliphatic heterocycles. The van der Waals surface area contributed by atoms with Crippen LogP contribution in [0, 0.1) is 5.82 Å². The van der Waals surface area contributed by atoms with Crippen LogP contribution >= 0.6 is 11.6 Å². The van der Waals surface area contributed by atoms with Crippen molar-refractivity contribution in [2.75, 3.05) is 36.4 Å². The van der Waals surface area contributed by atoms with Gasteiger partial charge >= 0.3 is 0 Å². The van der Waals surface area contributed by atoms with Crippen molar-refractivity contribution in [2.24, 2.45) is 0 Å². The van der Waals surface area contributed by atoms with Crippen LogP contribution < -0.4 is 10.2 Å². The maximum absolute atomic E-state index is 12.9. The molecule has 0 saturated carbocycles. The van der Waals surface area contributed by atoms with E-state index in [1.54, 1.807) is 18.5 Å². The number of hydrogen-bond donors (Lipinski definition) is 1. The number of aromatic nitrogens is 2. The highest BCUT2D eigenvalue weighted by Gasteiger charge is 2.28. The van der Waals surface area contributed by atoms with Gasteiger partial charge < -0.3 is 10.2 Å². The number of carbonyl (C=O) groups is 1. The third-order valence-corrected chi connectivity index (χ3v) is 4.27. The number of nitrogens with one attached hydrogen (secondary N) is 1. The third kappa shape index (κ3) is 3.98. The van der Waals surface area contributed by atoms with Crippen molar-refractivity contribution in [2.45, 2.75) is 5.50 Å². The molecule has 1 aromatic carbocycles. The summed E-state index contributed by atoms with van der Waals surface area (Å²) in [6, 6.07) is 7.35. The summed E-state index contributed by atoms with van der Waals surface area (Å²) in [6.45, 7) is 2.64. The van der Waals surface area contributed by atoms with Gasteiger partial charge in [0.1, 0.15) is 5.82 Å². The minimum atomic E-state index is -0.783. The van der Waals surface area contributed by atoms with Crippen molar-refractivity contribution < 1.29 is 9.18 Å². The van der Waals surface area contributed by atoms with Crippen molar-refractivity contribution in [3.05, 3.63) is 48.5 Å². The summed E-state index contributed by atoms with van der Waals surface area (Å²) in [7, 11) is 0. The van der Waals surface area contributed by atoms with Gasteiger partial charge in [-0.3, -0.25) is 9.69 Å². The maximum Gasteiger partial charge on any atom is 0.257 e. The molecule has 8 heteroatoms. The first-order valence-corrected chi connectivity index (χ1v) is 8.03.